The minimum atomic E-state index is -0.336. The second-order valence-corrected chi connectivity index (χ2v) is 4.27. The quantitative estimate of drug-likeness (QED) is 0.835. The van der Waals surface area contributed by atoms with Crippen LogP contribution in [0, 0.1) is 0 Å². The van der Waals surface area contributed by atoms with Crippen LogP contribution in [0.2, 0.25) is 0 Å². The van der Waals surface area contributed by atoms with E-state index in [-0.39, 0.29) is 38.0 Å². The van der Waals surface area contributed by atoms with Crippen molar-refractivity contribution in [2.75, 3.05) is 26.3 Å². The topological polar surface area (TPSA) is 73.9 Å². The minimum absolute atomic E-state index is 0.160. The van der Waals surface area contributed by atoms with Crippen molar-refractivity contribution in [2.45, 2.75) is 0 Å². The number of rotatable bonds is 6. The summed E-state index contributed by atoms with van der Waals surface area (Å²) in [5, 5.41) is 18.0. The van der Waals surface area contributed by atoms with Crippen LogP contribution in [0.5, 0.6) is 0 Å². The Morgan fingerprint density at radius 3 is 2.30 bits per heavy atom. The number of furan rings is 1. The highest BCUT2D eigenvalue weighted by molar-refractivity contribution is 5.98. The predicted octanol–water partition coefficient (Wildman–Crippen LogP) is 1.37. The van der Waals surface area contributed by atoms with Crippen LogP contribution in [0.3, 0.4) is 0 Å². The molecule has 5 nitrogen and oxygen atoms in total. The Morgan fingerprint density at radius 1 is 1.05 bits per heavy atom. The number of hydrogen-bond donors (Lipinski definition) is 2. The summed E-state index contributed by atoms with van der Waals surface area (Å²) in [6.45, 7) is 0.00286. The van der Waals surface area contributed by atoms with Crippen molar-refractivity contribution >= 4 is 5.91 Å². The van der Waals surface area contributed by atoms with Gasteiger partial charge in [-0.25, -0.2) is 0 Å². The molecule has 0 spiro atoms. The smallest absolute Gasteiger partial charge is 0.290 e. The van der Waals surface area contributed by atoms with Crippen LogP contribution in [0.15, 0.2) is 47.1 Å². The molecule has 0 radical (unpaired) electrons. The first-order chi connectivity index (χ1) is 9.77. The normalized spacial score (nSPS) is 10.5. The molecule has 0 aliphatic rings. The highest BCUT2D eigenvalue weighted by Gasteiger charge is 2.22. The molecule has 0 saturated heterocycles. The summed E-state index contributed by atoms with van der Waals surface area (Å²) in [4.78, 5) is 13.8. The zero-order valence-corrected chi connectivity index (χ0v) is 11.0. The third-order valence-electron chi connectivity index (χ3n) is 2.97. The van der Waals surface area contributed by atoms with Crippen molar-refractivity contribution in [3.05, 3.63) is 48.4 Å². The molecule has 1 aromatic heterocycles. The summed E-state index contributed by atoms with van der Waals surface area (Å²) in [5.74, 6) is -0.116. The average Bonchev–Trinajstić information content (AvgIpc) is 2.96. The first-order valence-corrected chi connectivity index (χ1v) is 6.42. The molecular formula is C15H17NO4. The van der Waals surface area contributed by atoms with E-state index < -0.39 is 0 Å². The standard InChI is InChI=1S/C15H17NO4/c17-9-7-16(8-10-18)15(19)14-13(6-11-20-14)12-4-2-1-3-5-12/h1-6,11,17-18H,7-10H2. The fourth-order valence-corrected chi connectivity index (χ4v) is 2.02. The largest absolute Gasteiger partial charge is 0.459 e. The predicted molar refractivity (Wildman–Crippen MR) is 74.2 cm³/mol. The van der Waals surface area contributed by atoms with Gasteiger partial charge in [0.15, 0.2) is 5.76 Å². The van der Waals surface area contributed by atoms with E-state index in [2.05, 4.69) is 0 Å². The Labute approximate surface area is 117 Å². The van der Waals surface area contributed by atoms with E-state index in [1.165, 1.54) is 11.2 Å². The molecule has 5 heteroatoms. The summed E-state index contributed by atoms with van der Waals surface area (Å²) in [5.41, 5.74) is 1.59. The van der Waals surface area contributed by atoms with Gasteiger partial charge in [-0.1, -0.05) is 30.3 Å². The first-order valence-electron chi connectivity index (χ1n) is 6.42. The van der Waals surface area contributed by atoms with E-state index in [0.717, 1.165) is 5.56 Å². The van der Waals surface area contributed by atoms with Gasteiger partial charge in [0.2, 0.25) is 0 Å². The molecule has 0 aliphatic carbocycles. The molecular weight excluding hydrogens is 258 g/mol. The summed E-state index contributed by atoms with van der Waals surface area (Å²) in [6.07, 6.45) is 1.46. The number of carbonyl (C=O) groups excluding carboxylic acids is 1. The number of aliphatic hydroxyl groups is 2. The van der Waals surface area contributed by atoms with Crippen molar-refractivity contribution in [1.82, 2.24) is 4.90 Å². The molecule has 2 N–H and O–H groups in total. The zero-order valence-electron chi connectivity index (χ0n) is 11.0. The zero-order chi connectivity index (χ0) is 14.4. The fraction of sp³-hybridized carbons (Fsp3) is 0.267. The van der Waals surface area contributed by atoms with Gasteiger partial charge in [-0.3, -0.25) is 4.79 Å². The SMILES string of the molecule is O=C(c1occc1-c1ccccc1)N(CCO)CCO. The lowest BCUT2D eigenvalue weighted by Gasteiger charge is -2.19. The molecule has 1 amide bonds. The Morgan fingerprint density at radius 2 is 1.70 bits per heavy atom. The van der Waals surface area contributed by atoms with Crippen LogP contribution in [0.1, 0.15) is 10.6 Å². The third kappa shape index (κ3) is 3.07. The highest BCUT2D eigenvalue weighted by atomic mass is 16.3. The molecule has 0 atom stereocenters. The van der Waals surface area contributed by atoms with Gasteiger partial charge in [0.1, 0.15) is 0 Å². The highest BCUT2D eigenvalue weighted by Crippen LogP contribution is 2.25. The summed E-state index contributed by atoms with van der Waals surface area (Å²) >= 11 is 0. The van der Waals surface area contributed by atoms with Crippen LogP contribution >= 0.6 is 0 Å². The van der Waals surface area contributed by atoms with E-state index >= 15 is 0 Å². The lowest BCUT2D eigenvalue weighted by atomic mass is 10.1. The van der Waals surface area contributed by atoms with E-state index in [4.69, 9.17) is 14.6 Å². The van der Waals surface area contributed by atoms with Crippen molar-refractivity contribution < 1.29 is 19.4 Å². The van der Waals surface area contributed by atoms with Gasteiger partial charge < -0.3 is 19.5 Å². The van der Waals surface area contributed by atoms with Crippen LogP contribution in [0.25, 0.3) is 11.1 Å². The van der Waals surface area contributed by atoms with Crippen molar-refractivity contribution in [1.29, 1.82) is 0 Å². The van der Waals surface area contributed by atoms with E-state index in [1.807, 2.05) is 30.3 Å². The molecule has 0 aliphatic heterocycles. The molecule has 1 aromatic carbocycles. The minimum Gasteiger partial charge on any atom is -0.459 e. The maximum atomic E-state index is 12.4. The summed E-state index contributed by atoms with van der Waals surface area (Å²) < 4.78 is 5.30. The molecule has 0 fully saturated rings. The summed E-state index contributed by atoms with van der Waals surface area (Å²) in [6, 6.07) is 11.2. The second kappa shape index (κ2) is 6.88. The van der Waals surface area contributed by atoms with Gasteiger partial charge in [-0.05, 0) is 11.6 Å². The molecule has 0 unspecified atom stereocenters. The van der Waals surface area contributed by atoms with Crippen LogP contribution in [0.4, 0.5) is 0 Å². The molecule has 0 saturated carbocycles. The first kappa shape index (κ1) is 14.3. The Balaban J connectivity index is 2.29. The maximum absolute atomic E-state index is 12.4. The van der Waals surface area contributed by atoms with E-state index in [0.29, 0.717) is 5.56 Å². The molecule has 0 bridgehead atoms. The molecule has 20 heavy (non-hydrogen) atoms. The number of amides is 1. The molecule has 2 rings (SSSR count). The molecule has 106 valence electrons. The third-order valence-corrected chi connectivity index (χ3v) is 2.97. The Kier molecular flexibility index (Phi) is 4.92. The number of hydrogen-bond acceptors (Lipinski definition) is 4. The number of nitrogens with zero attached hydrogens (tertiary/aromatic N) is 1. The van der Waals surface area contributed by atoms with Crippen LogP contribution in [-0.2, 0) is 0 Å². The van der Waals surface area contributed by atoms with Gasteiger partial charge >= 0.3 is 0 Å². The van der Waals surface area contributed by atoms with Gasteiger partial charge in [-0.2, -0.15) is 0 Å². The van der Waals surface area contributed by atoms with Gasteiger partial charge in [0.05, 0.1) is 19.5 Å². The van der Waals surface area contributed by atoms with Gasteiger partial charge in [0, 0.05) is 18.7 Å². The average molecular weight is 275 g/mol. The van der Waals surface area contributed by atoms with Crippen molar-refractivity contribution in [3.8, 4) is 11.1 Å². The van der Waals surface area contributed by atoms with Crippen LogP contribution in [-0.4, -0.2) is 47.3 Å². The Bertz CT molecular complexity index is 544. The molecule has 2 aromatic rings. The maximum Gasteiger partial charge on any atom is 0.290 e. The van der Waals surface area contributed by atoms with Gasteiger partial charge in [-0.15, -0.1) is 0 Å². The van der Waals surface area contributed by atoms with Gasteiger partial charge in [0.25, 0.3) is 5.91 Å². The van der Waals surface area contributed by atoms with Crippen LogP contribution < -0.4 is 0 Å². The number of carbonyl (C=O) groups is 1. The van der Waals surface area contributed by atoms with Crippen molar-refractivity contribution in [3.63, 3.8) is 0 Å². The van der Waals surface area contributed by atoms with E-state index in [9.17, 15) is 4.79 Å². The Hall–Kier alpha value is -2.11. The fourth-order valence-electron chi connectivity index (χ4n) is 2.02. The number of benzene rings is 1. The monoisotopic (exact) mass is 275 g/mol. The lowest BCUT2D eigenvalue weighted by molar-refractivity contribution is 0.0654. The number of aliphatic hydroxyl groups excluding tert-OH is 2. The summed E-state index contributed by atoms with van der Waals surface area (Å²) in [7, 11) is 0. The lowest BCUT2D eigenvalue weighted by Crippen LogP contribution is -2.35. The second-order valence-electron chi connectivity index (χ2n) is 4.27. The van der Waals surface area contributed by atoms with E-state index in [1.54, 1.807) is 6.07 Å². The molecule has 1 heterocycles. The van der Waals surface area contributed by atoms with Crippen molar-refractivity contribution in [2.24, 2.45) is 0 Å².